The molecule has 29 heavy (non-hydrogen) atoms. The third-order valence-corrected chi connectivity index (χ3v) is 6.65. The predicted octanol–water partition coefficient (Wildman–Crippen LogP) is 4.06. The number of aryl methyl sites for hydroxylation is 2. The van der Waals surface area contributed by atoms with Crippen LogP contribution in [0, 0.1) is 13.8 Å². The number of benzene rings is 3. The smallest absolute Gasteiger partial charge is 0.264 e. The third-order valence-electron chi connectivity index (χ3n) is 4.87. The van der Waals surface area contributed by atoms with Crippen LogP contribution in [0.3, 0.4) is 0 Å². The number of nitrogens with one attached hydrogen (secondary N) is 1. The summed E-state index contributed by atoms with van der Waals surface area (Å²) in [6.07, 6.45) is 0. The average molecular weight is 409 g/mol. The SMILES string of the molecule is Cc1ccc(S(=O)(=O)N(C)c2ccccc2C(=O)NCc2ccccc2C)cc1. The normalized spacial score (nSPS) is 11.1. The topological polar surface area (TPSA) is 66.5 Å². The van der Waals surface area contributed by atoms with Gasteiger partial charge in [-0.15, -0.1) is 0 Å². The fourth-order valence-corrected chi connectivity index (χ4v) is 4.23. The average Bonchev–Trinajstić information content (AvgIpc) is 2.72. The summed E-state index contributed by atoms with van der Waals surface area (Å²) >= 11 is 0. The molecule has 5 nitrogen and oxygen atoms in total. The van der Waals surface area contributed by atoms with Gasteiger partial charge in [0, 0.05) is 13.6 Å². The van der Waals surface area contributed by atoms with Gasteiger partial charge in [0.2, 0.25) is 0 Å². The van der Waals surface area contributed by atoms with Crippen LogP contribution in [0.4, 0.5) is 5.69 Å². The third kappa shape index (κ3) is 4.49. The number of hydrogen-bond acceptors (Lipinski definition) is 3. The molecule has 0 fully saturated rings. The first kappa shape index (κ1) is 20.6. The molecule has 0 aliphatic heterocycles. The van der Waals surface area contributed by atoms with Crippen LogP contribution in [0.15, 0.2) is 77.7 Å². The number of anilines is 1. The Bertz CT molecular complexity index is 1120. The van der Waals surface area contributed by atoms with Gasteiger partial charge in [-0.2, -0.15) is 0 Å². The highest BCUT2D eigenvalue weighted by Gasteiger charge is 2.24. The Morgan fingerprint density at radius 1 is 0.897 bits per heavy atom. The molecule has 0 spiro atoms. The first-order valence-corrected chi connectivity index (χ1v) is 10.7. The van der Waals surface area contributed by atoms with Gasteiger partial charge in [-0.3, -0.25) is 9.10 Å². The van der Waals surface area contributed by atoms with Gasteiger partial charge in [-0.1, -0.05) is 54.1 Å². The number of nitrogens with zero attached hydrogens (tertiary/aromatic N) is 1. The molecular formula is C23H24N2O3S. The molecular weight excluding hydrogens is 384 g/mol. The quantitative estimate of drug-likeness (QED) is 0.669. The second-order valence-electron chi connectivity index (χ2n) is 6.91. The van der Waals surface area contributed by atoms with Crippen molar-refractivity contribution in [3.63, 3.8) is 0 Å². The summed E-state index contributed by atoms with van der Waals surface area (Å²) in [5.41, 5.74) is 3.70. The number of amides is 1. The molecule has 3 aromatic rings. The Morgan fingerprint density at radius 3 is 2.21 bits per heavy atom. The van der Waals surface area contributed by atoms with E-state index in [-0.39, 0.29) is 10.8 Å². The molecule has 0 saturated heterocycles. The van der Waals surface area contributed by atoms with E-state index in [2.05, 4.69) is 5.32 Å². The maximum absolute atomic E-state index is 13.0. The van der Waals surface area contributed by atoms with E-state index >= 15 is 0 Å². The molecule has 0 aliphatic carbocycles. The van der Waals surface area contributed by atoms with E-state index in [4.69, 9.17) is 0 Å². The number of hydrogen-bond donors (Lipinski definition) is 1. The van der Waals surface area contributed by atoms with Crippen LogP contribution >= 0.6 is 0 Å². The lowest BCUT2D eigenvalue weighted by molar-refractivity contribution is 0.0951. The van der Waals surface area contributed by atoms with Crippen LogP contribution in [0.5, 0.6) is 0 Å². The van der Waals surface area contributed by atoms with E-state index in [1.165, 1.54) is 7.05 Å². The Labute approximate surface area is 172 Å². The molecule has 6 heteroatoms. The van der Waals surface area contributed by atoms with Crippen LogP contribution in [0.25, 0.3) is 0 Å². The standard InChI is InChI=1S/C23H24N2O3S/c1-17-12-14-20(15-13-17)29(27,28)25(3)22-11-7-6-10-21(22)23(26)24-16-19-9-5-4-8-18(19)2/h4-15H,16H2,1-3H3,(H,24,26). The summed E-state index contributed by atoms with van der Waals surface area (Å²) in [7, 11) is -2.32. The van der Waals surface area contributed by atoms with Crippen LogP contribution in [0.1, 0.15) is 27.0 Å². The van der Waals surface area contributed by atoms with Crippen molar-refractivity contribution < 1.29 is 13.2 Å². The Morgan fingerprint density at radius 2 is 1.52 bits per heavy atom. The molecule has 0 saturated carbocycles. The Balaban J connectivity index is 1.87. The van der Waals surface area contributed by atoms with Crippen LogP contribution in [-0.2, 0) is 16.6 Å². The number of sulfonamides is 1. The molecule has 150 valence electrons. The lowest BCUT2D eigenvalue weighted by atomic mass is 10.1. The van der Waals surface area contributed by atoms with Crippen LogP contribution < -0.4 is 9.62 Å². The van der Waals surface area contributed by atoms with E-state index in [9.17, 15) is 13.2 Å². The molecule has 0 atom stereocenters. The lowest BCUT2D eigenvalue weighted by Crippen LogP contribution is -2.30. The maximum Gasteiger partial charge on any atom is 0.264 e. The van der Waals surface area contributed by atoms with Gasteiger partial charge < -0.3 is 5.32 Å². The minimum atomic E-state index is -3.79. The highest BCUT2D eigenvalue weighted by atomic mass is 32.2. The minimum Gasteiger partial charge on any atom is -0.348 e. The minimum absolute atomic E-state index is 0.181. The van der Waals surface area contributed by atoms with Crippen molar-refractivity contribution in [1.29, 1.82) is 0 Å². The number of carbonyl (C=O) groups is 1. The fourth-order valence-electron chi connectivity index (χ4n) is 3.02. The Kier molecular flexibility index (Phi) is 6.03. The van der Waals surface area contributed by atoms with Crippen molar-refractivity contribution in [3.8, 4) is 0 Å². The second-order valence-corrected chi connectivity index (χ2v) is 8.88. The lowest BCUT2D eigenvalue weighted by Gasteiger charge is -2.22. The van der Waals surface area contributed by atoms with Gasteiger partial charge in [0.05, 0.1) is 16.1 Å². The molecule has 0 radical (unpaired) electrons. The van der Waals surface area contributed by atoms with Crippen LogP contribution in [0.2, 0.25) is 0 Å². The number of para-hydroxylation sites is 1. The Hall–Kier alpha value is -3.12. The first-order valence-electron chi connectivity index (χ1n) is 9.28. The molecule has 0 heterocycles. The molecule has 1 N–H and O–H groups in total. The zero-order chi connectivity index (χ0) is 21.0. The van der Waals surface area contributed by atoms with E-state index in [1.54, 1.807) is 48.5 Å². The summed E-state index contributed by atoms with van der Waals surface area (Å²) in [6, 6.07) is 21.1. The van der Waals surface area contributed by atoms with E-state index in [1.807, 2.05) is 38.1 Å². The fraction of sp³-hybridized carbons (Fsp3) is 0.174. The zero-order valence-corrected chi connectivity index (χ0v) is 17.5. The summed E-state index contributed by atoms with van der Waals surface area (Å²) in [5.74, 6) is -0.324. The van der Waals surface area contributed by atoms with Gasteiger partial charge >= 0.3 is 0 Å². The zero-order valence-electron chi connectivity index (χ0n) is 16.7. The van der Waals surface area contributed by atoms with Gasteiger partial charge in [0.15, 0.2) is 0 Å². The summed E-state index contributed by atoms with van der Waals surface area (Å²) in [6.45, 7) is 4.25. The van der Waals surface area contributed by atoms with Crippen molar-refractivity contribution in [2.45, 2.75) is 25.3 Å². The molecule has 0 aromatic heterocycles. The van der Waals surface area contributed by atoms with E-state index in [0.717, 1.165) is 21.0 Å². The predicted molar refractivity (Wildman–Crippen MR) is 116 cm³/mol. The van der Waals surface area contributed by atoms with E-state index < -0.39 is 10.0 Å². The van der Waals surface area contributed by atoms with Crippen LogP contribution in [-0.4, -0.2) is 21.4 Å². The molecule has 0 aliphatic rings. The largest absolute Gasteiger partial charge is 0.348 e. The van der Waals surface area contributed by atoms with Crippen molar-refractivity contribution in [1.82, 2.24) is 5.32 Å². The van der Waals surface area contributed by atoms with Gasteiger partial charge in [-0.05, 0) is 49.2 Å². The van der Waals surface area contributed by atoms with Crippen molar-refractivity contribution in [3.05, 3.63) is 95.1 Å². The van der Waals surface area contributed by atoms with Crippen molar-refractivity contribution >= 4 is 21.6 Å². The number of carbonyl (C=O) groups excluding carboxylic acids is 1. The van der Waals surface area contributed by atoms with Gasteiger partial charge in [0.1, 0.15) is 0 Å². The summed E-state index contributed by atoms with van der Waals surface area (Å²) < 4.78 is 27.2. The maximum atomic E-state index is 13.0. The summed E-state index contributed by atoms with van der Waals surface area (Å²) in [4.78, 5) is 13.0. The first-order chi connectivity index (χ1) is 13.8. The monoisotopic (exact) mass is 408 g/mol. The second kappa shape index (κ2) is 8.49. The molecule has 3 rings (SSSR count). The van der Waals surface area contributed by atoms with E-state index in [0.29, 0.717) is 17.8 Å². The van der Waals surface area contributed by atoms with Crippen molar-refractivity contribution in [2.24, 2.45) is 0 Å². The highest BCUT2D eigenvalue weighted by molar-refractivity contribution is 7.92. The van der Waals surface area contributed by atoms with Gasteiger partial charge in [0.25, 0.3) is 15.9 Å². The molecule has 0 unspecified atom stereocenters. The number of rotatable bonds is 6. The molecule has 0 bridgehead atoms. The molecule has 1 amide bonds. The van der Waals surface area contributed by atoms with Crippen molar-refractivity contribution in [2.75, 3.05) is 11.4 Å². The molecule has 3 aromatic carbocycles. The highest BCUT2D eigenvalue weighted by Crippen LogP contribution is 2.26. The summed E-state index contributed by atoms with van der Waals surface area (Å²) in [5, 5.41) is 2.89. The van der Waals surface area contributed by atoms with Gasteiger partial charge in [-0.25, -0.2) is 8.42 Å².